The van der Waals surface area contributed by atoms with E-state index in [1.807, 2.05) is 29.2 Å². The minimum Gasteiger partial charge on any atom is -0.487 e. The van der Waals surface area contributed by atoms with Gasteiger partial charge in [0.15, 0.2) is 5.96 Å². The molecular formula is C15H23ClIN3O2. The maximum absolute atomic E-state index is 6.10. The third-order valence-electron chi connectivity index (χ3n) is 3.38. The Hall–Kier alpha value is -0.730. The van der Waals surface area contributed by atoms with Crippen molar-refractivity contribution >= 4 is 41.5 Å². The molecule has 1 unspecified atom stereocenters. The van der Waals surface area contributed by atoms with Crippen molar-refractivity contribution < 1.29 is 9.47 Å². The molecular weight excluding hydrogens is 417 g/mol. The van der Waals surface area contributed by atoms with E-state index in [0.717, 1.165) is 19.5 Å². The van der Waals surface area contributed by atoms with Gasteiger partial charge in [-0.05, 0) is 18.6 Å². The van der Waals surface area contributed by atoms with Crippen LogP contribution in [0.3, 0.4) is 0 Å². The Morgan fingerprint density at radius 3 is 2.73 bits per heavy atom. The summed E-state index contributed by atoms with van der Waals surface area (Å²) in [5, 5.41) is 0.612. The van der Waals surface area contributed by atoms with E-state index >= 15 is 0 Å². The molecule has 0 spiro atoms. The Kier molecular flexibility index (Phi) is 8.89. The molecule has 0 aromatic heterocycles. The molecule has 2 rings (SSSR count). The van der Waals surface area contributed by atoms with Crippen LogP contribution in [0.4, 0.5) is 0 Å². The molecule has 124 valence electrons. The number of ether oxygens (including phenoxy) is 2. The third kappa shape index (κ3) is 5.81. The van der Waals surface area contributed by atoms with Crippen molar-refractivity contribution in [1.82, 2.24) is 4.90 Å². The van der Waals surface area contributed by atoms with Crippen LogP contribution in [0.2, 0.25) is 5.02 Å². The second-order valence-electron chi connectivity index (χ2n) is 4.88. The molecule has 2 N–H and O–H groups in total. The molecule has 1 aromatic carbocycles. The number of benzene rings is 1. The molecule has 7 heteroatoms. The summed E-state index contributed by atoms with van der Waals surface area (Å²) in [6.45, 7) is 5.55. The van der Waals surface area contributed by atoms with Gasteiger partial charge >= 0.3 is 0 Å². The second kappa shape index (κ2) is 10.1. The summed E-state index contributed by atoms with van der Waals surface area (Å²) in [5.41, 5.74) is 6.01. The lowest BCUT2D eigenvalue weighted by Gasteiger charge is -2.28. The summed E-state index contributed by atoms with van der Waals surface area (Å²) in [6.07, 6.45) is 0.801. The first-order valence-corrected chi connectivity index (χ1v) is 7.62. The highest BCUT2D eigenvalue weighted by Gasteiger charge is 2.14. The maximum Gasteiger partial charge on any atom is 0.191 e. The quantitative estimate of drug-likeness (QED) is 0.435. The molecule has 1 saturated heterocycles. The molecule has 0 bridgehead atoms. The Morgan fingerprint density at radius 1 is 1.41 bits per heavy atom. The molecule has 1 heterocycles. The Bertz CT molecular complexity index is 482. The molecule has 1 aromatic rings. The lowest BCUT2D eigenvalue weighted by molar-refractivity contribution is 0.0673. The first-order valence-electron chi connectivity index (χ1n) is 7.24. The first kappa shape index (κ1) is 19.3. The number of halogens is 2. The fraction of sp³-hybridized carbons (Fsp3) is 0.533. The van der Waals surface area contributed by atoms with Crippen LogP contribution in [-0.2, 0) is 4.74 Å². The molecule has 0 aliphatic carbocycles. The number of guanidine groups is 1. The molecule has 5 nitrogen and oxygen atoms in total. The minimum atomic E-state index is -0.0375. The van der Waals surface area contributed by atoms with Crippen molar-refractivity contribution in [3.8, 4) is 5.75 Å². The van der Waals surface area contributed by atoms with Crippen LogP contribution in [-0.4, -0.2) is 49.8 Å². The van der Waals surface area contributed by atoms with E-state index in [0.29, 0.717) is 36.5 Å². The predicted octanol–water partition coefficient (Wildman–Crippen LogP) is 2.76. The van der Waals surface area contributed by atoms with Crippen molar-refractivity contribution in [1.29, 1.82) is 0 Å². The van der Waals surface area contributed by atoms with Crippen LogP contribution in [0.5, 0.6) is 5.75 Å². The van der Waals surface area contributed by atoms with Crippen LogP contribution >= 0.6 is 35.6 Å². The van der Waals surface area contributed by atoms with Crippen molar-refractivity contribution in [3.63, 3.8) is 0 Å². The zero-order valence-electron chi connectivity index (χ0n) is 12.7. The summed E-state index contributed by atoms with van der Waals surface area (Å²) in [5.74, 6) is 1.24. The standard InChI is InChI=1S/C15H22ClN3O2.HI/c1-2-12(21-14-6-4-3-5-13(14)16)11-18-15(17)19-7-9-20-10-8-19;/h3-6,12H,2,7-11H2,1H3,(H2,17,18);1H. The van der Waals surface area contributed by atoms with E-state index in [9.17, 15) is 0 Å². The number of aliphatic imine (C=N–C) groups is 1. The van der Waals surface area contributed by atoms with Gasteiger partial charge in [-0.2, -0.15) is 0 Å². The molecule has 0 saturated carbocycles. The van der Waals surface area contributed by atoms with Crippen LogP contribution in [0.15, 0.2) is 29.3 Å². The van der Waals surface area contributed by atoms with Crippen molar-refractivity contribution in [2.24, 2.45) is 10.7 Å². The first-order chi connectivity index (χ1) is 10.2. The summed E-state index contributed by atoms with van der Waals surface area (Å²) in [7, 11) is 0. The summed E-state index contributed by atoms with van der Waals surface area (Å²) < 4.78 is 11.2. The van der Waals surface area contributed by atoms with Crippen LogP contribution in [0, 0.1) is 0 Å². The molecule has 1 atom stereocenters. The van der Waals surface area contributed by atoms with Gasteiger partial charge in [-0.1, -0.05) is 30.7 Å². The van der Waals surface area contributed by atoms with Gasteiger partial charge in [0.25, 0.3) is 0 Å². The molecule has 22 heavy (non-hydrogen) atoms. The number of morpholine rings is 1. The van der Waals surface area contributed by atoms with Gasteiger partial charge in [0.2, 0.25) is 0 Å². The predicted molar refractivity (Wildman–Crippen MR) is 100 cm³/mol. The topological polar surface area (TPSA) is 60.1 Å². The average Bonchev–Trinajstić information content (AvgIpc) is 2.53. The van der Waals surface area contributed by atoms with Gasteiger partial charge in [-0.15, -0.1) is 24.0 Å². The SMILES string of the molecule is CCC(CN=C(N)N1CCOCC1)Oc1ccccc1Cl.I. The van der Waals surface area contributed by atoms with Crippen LogP contribution < -0.4 is 10.5 Å². The van der Waals surface area contributed by atoms with E-state index in [1.54, 1.807) is 0 Å². The normalized spacial score (nSPS) is 16.8. The zero-order chi connectivity index (χ0) is 15.1. The third-order valence-corrected chi connectivity index (χ3v) is 3.69. The van der Waals surface area contributed by atoms with Crippen LogP contribution in [0.1, 0.15) is 13.3 Å². The number of nitrogens with zero attached hydrogens (tertiary/aromatic N) is 2. The van der Waals surface area contributed by atoms with Gasteiger partial charge in [0.05, 0.1) is 24.8 Å². The van der Waals surface area contributed by atoms with E-state index < -0.39 is 0 Å². The summed E-state index contributed by atoms with van der Waals surface area (Å²) in [4.78, 5) is 6.47. The lowest BCUT2D eigenvalue weighted by atomic mass is 10.2. The largest absolute Gasteiger partial charge is 0.487 e. The lowest BCUT2D eigenvalue weighted by Crippen LogP contribution is -2.45. The van der Waals surface area contributed by atoms with Gasteiger partial charge in [0.1, 0.15) is 11.9 Å². The van der Waals surface area contributed by atoms with Gasteiger partial charge in [-0.3, -0.25) is 0 Å². The fourth-order valence-electron chi connectivity index (χ4n) is 2.06. The second-order valence-corrected chi connectivity index (χ2v) is 5.28. The molecule has 1 aliphatic rings. The monoisotopic (exact) mass is 439 g/mol. The highest BCUT2D eigenvalue weighted by atomic mass is 127. The van der Waals surface area contributed by atoms with Crippen LogP contribution in [0.25, 0.3) is 0 Å². The number of rotatable bonds is 5. The van der Waals surface area contributed by atoms with E-state index in [-0.39, 0.29) is 30.1 Å². The maximum atomic E-state index is 6.10. The van der Waals surface area contributed by atoms with E-state index in [1.165, 1.54) is 0 Å². The number of para-hydroxylation sites is 1. The van der Waals surface area contributed by atoms with E-state index in [4.69, 9.17) is 26.8 Å². The summed E-state index contributed by atoms with van der Waals surface area (Å²) in [6, 6.07) is 7.46. The number of nitrogens with two attached hydrogens (primary N) is 1. The zero-order valence-corrected chi connectivity index (χ0v) is 15.8. The van der Waals surface area contributed by atoms with Crippen molar-refractivity contribution in [2.45, 2.75) is 19.4 Å². The highest BCUT2D eigenvalue weighted by molar-refractivity contribution is 14.0. The van der Waals surface area contributed by atoms with E-state index in [2.05, 4.69) is 11.9 Å². The number of hydrogen-bond acceptors (Lipinski definition) is 3. The Balaban J connectivity index is 0.00000242. The molecule has 0 radical (unpaired) electrons. The average molecular weight is 440 g/mol. The number of hydrogen-bond donors (Lipinski definition) is 1. The van der Waals surface area contributed by atoms with Crippen molar-refractivity contribution in [3.05, 3.63) is 29.3 Å². The van der Waals surface area contributed by atoms with Gasteiger partial charge in [-0.25, -0.2) is 4.99 Å². The van der Waals surface area contributed by atoms with Gasteiger partial charge in [0, 0.05) is 13.1 Å². The Morgan fingerprint density at radius 2 is 2.09 bits per heavy atom. The smallest absolute Gasteiger partial charge is 0.191 e. The fourth-order valence-corrected chi connectivity index (χ4v) is 2.24. The minimum absolute atomic E-state index is 0. The van der Waals surface area contributed by atoms with Crippen molar-refractivity contribution in [2.75, 3.05) is 32.8 Å². The molecule has 1 aliphatic heterocycles. The van der Waals surface area contributed by atoms with Gasteiger partial charge < -0.3 is 20.1 Å². The molecule has 0 amide bonds. The Labute approximate surface area is 153 Å². The summed E-state index contributed by atoms with van der Waals surface area (Å²) >= 11 is 6.10. The highest BCUT2D eigenvalue weighted by Crippen LogP contribution is 2.24. The molecule has 1 fully saturated rings.